The topological polar surface area (TPSA) is 54.9 Å². The molecule has 0 saturated carbocycles. The summed E-state index contributed by atoms with van der Waals surface area (Å²) in [6.07, 6.45) is 1.60. The number of aryl methyl sites for hydroxylation is 3. The molecule has 27 heavy (non-hydrogen) atoms. The Kier molecular flexibility index (Phi) is 4.62. The monoisotopic (exact) mass is 381 g/mol. The summed E-state index contributed by atoms with van der Waals surface area (Å²) in [4.78, 5) is 21.6. The first-order valence-electron chi connectivity index (χ1n) is 8.70. The number of hydrogen-bond acceptors (Lipinski definition) is 3. The summed E-state index contributed by atoms with van der Waals surface area (Å²) >= 11 is 5.87. The van der Waals surface area contributed by atoms with Crippen LogP contribution in [0.25, 0.3) is 11.3 Å². The maximum absolute atomic E-state index is 13.5. The van der Waals surface area contributed by atoms with Crippen molar-refractivity contribution in [2.24, 2.45) is 0 Å². The van der Waals surface area contributed by atoms with Gasteiger partial charge in [0, 0.05) is 10.6 Å². The molecule has 1 aliphatic carbocycles. The van der Waals surface area contributed by atoms with Crippen molar-refractivity contribution in [1.82, 2.24) is 9.97 Å². The summed E-state index contributed by atoms with van der Waals surface area (Å²) in [7, 11) is 0. The second kappa shape index (κ2) is 7.08. The molecular formula is C21H17ClFN3O. The molecule has 1 aromatic heterocycles. The second-order valence-electron chi connectivity index (χ2n) is 6.61. The van der Waals surface area contributed by atoms with E-state index < -0.39 is 0 Å². The van der Waals surface area contributed by atoms with Crippen LogP contribution in [0.2, 0.25) is 5.02 Å². The van der Waals surface area contributed by atoms with Crippen LogP contribution in [0.3, 0.4) is 0 Å². The van der Waals surface area contributed by atoms with Crippen LogP contribution in [0.4, 0.5) is 10.2 Å². The maximum atomic E-state index is 13.5. The molecule has 1 N–H and O–H groups in total. The molecule has 0 fully saturated rings. The van der Waals surface area contributed by atoms with Gasteiger partial charge in [0.15, 0.2) is 5.82 Å². The highest BCUT2D eigenvalue weighted by Crippen LogP contribution is 2.32. The molecule has 6 heteroatoms. The Bertz CT molecular complexity index is 1030. The van der Waals surface area contributed by atoms with E-state index in [-0.39, 0.29) is 18.1 Å². The Hall–Kier alpha value is -2.79. The first-order chi connectivity index (χ1) is 13.0. The van der Waals surface area contributed by atoms with E-state index in [1.807, 2.05) is 19.1 Å². The molecule has 0 saturated heterocycles. The number of amides is 1. The quantitative estimate of drug-likeness (QED) is 0.725. The van der Waals surface area contributed by atoms with Crippen molar-refractivity contribution in [2.45, 2.75) is 26.2 Å². The molecule has 0 aliphatic heterocycles. The molecule has 1 aliphatic rings. The number of nitrogens with zero attached hydrogens (tertiary/aromatic N) is 2. The number of hydrogen-bond donors (Lipinski definition) is 1. The predicted octanol–water partition coefficient (Wildman–Crippen LogP) is 4.52. The van der Waals surface area contributed by atoms with Gasteiger partial charge in [-0.05, 0) is 61.2 Å². The fraction of sp³-hybridized carbons (Fsp3) is 0.190. The van der Waals surface area contributed by atoms with Crippen LogP contribution in [0.1, 0.15) is 22.5 Å². The van der Waals surface area contributed by atoms with Gasteiger partial charge in [0.2, 0.25) is 5.91 Å². The number of carbonyl (C=O) groups excluding carboxylic acids is 1. The van der Waals surface area contributed by atoms with Gasteiger partial charge in [-0.15, -0.1) is 0 Å². The molecule has 1 heterocycles. The molecule has 2 aromatic carbocycles. The molecule has 0 radical (unpaired) electrons. The molecule has 0 unspecified atom stereocenters. The van der Waals surface area contributed by atoms with Gasteiger partial charge < -0.3 is 5.32 Å². The summed E-state index contributed by atoms with van der Waals surface area (Å²) in [5, 5.41) is 3.49. The Labute approximate surface area is 161 Å². The molecule has 4 rings (SSSR count). The number of aromatic nitrogens is 2. The van der Waals surface area contributed by atoms with E-state index in [4.69, 9.17) is 11.6 Å². The average molecular weight is 382 g/mol. The van der Waals surface area contributed by atoms with Gasteiger partial charge in [-0.2, -0.15) is 0 Å². The molecule has 0 spiro atoms. The summed E-state index contributed by atoms with van der Waals surface area (Å²) in [6, 6.07) is 11.9. The third-order valence-electron chi connectivity index (χ3n) is 4.63. The van der Waals surface area contributed by atoms with Crippen molar-refractivity contribution in [1.29, 1.82) is 0 Å². The summed E-state index contributed by atoms with van der Waals surface area (Å²) in [5.74, 6) is 0.0687. The third kappa shape index (κ3) is 3.69. The number of benzene rings is 2. The fourth-order valence-corrected chi connectivity index (χ4v) is 3.41. The Morgan fingerprint density at radius 1 is 1.15 bits per heavy atom. The van der Waals surface area contributed by atoms with Gasteiger partial charge in [0.25, 0.3) is 0 Å². The van der Waals surface area contributed by atoms with E-state index in [2.05, 4.69) is 15.3 Å². The summed E-state index contributed by atoms with van der Waals surface area (Å²) in [6.45, 7) is 1.81. The Morgan fingerprint density at radius 2 is 1.93 bits per heavy atom. The highest BCUT2D eigenvalue weighted by atomic mass is 35.5. The van der Waals surface area contributed by atoms with Crippen LogP contribution in [-0.2, 0) is 24.1 Å². The van der Waals surface area contributed by atoms with Crippen molar-refractivity contribution in [3.8, 4) is 11.3 Å². The van der Waals surface area contributed by atoms with Gasteiger partial charge >= 0.3 is 0 Å². The lowest BCUT2D eigenvalue weighted by Crippen LogP contribution is -2.19. The van der Waals surface area contributed by atoms with E-state index in [9.17, 15) is 9.18 Å². The van der Waals surface area contributed by atoms with Crippen molar-refractivity contribution >= 4 is 23.3 Å². The van der Waals surface area contributed by atoms with Gasteiger partial charge in [-0.3, -0.25) is 4.79 Å². The van der Waals surface area contributed by atoms with Crippen LogP contribution in [0.15, 0.2) is 42.5 Å². The minimum Gasteiger partial charge on any atom is -0.309 e. The number of carbonyl (C=O) groups is 1. The molecular weight excluding hydrogens is 365 g/mol. The number of anilines is 1. The molecule has 0 atom stereocenters. The van der Waals surface area contributed by atoms with E-state index >= 15 is 0 Å². The number of halogens is 2. The van der Waals surface area contributed by atoms with E-state index in [0.717, 1.165) is 28.1 Å². The maximum Gasteiger partial charge on any atom is 0.229 e. The zero-order chi connectivity index (χ0) is 19.0. The van der Waals surface area contributed by atoms with Gasteiger partial charge in [0.1, 0.15) is 5.82 Å². The molecule has 4 nitrogen and oxygen atoms in total. The lowest BCUT2D eigenvalue weighted by atomic mass is 9.91. The number of fused-ring (bicyclic) bond motifs is 3. The predicted molar refractivity (Wildman–Crippen MR) is 103 cm³/mol. The summed E-state index contributed by atoms with van der Waals surface area (Å²) in [5.41, 5.74) is 4.95. The molecule has 0 bridgehead atoms. The van der Waals surface area contributed by atoms with Crippen molar-refractivity contribution in [2.75, 3.05) is 5.32 Å². The lowest BCUT2D eigenvalue weighted by molar-refractivity contribution is -0.115. The first-order valence-corrected chi connectivity index (χ1v) is 9.08. The molecule has 136 valence electrons. The standard InChI is InChI=1S/C21H17ClFN3O/c1-12-21(26-19(27)10-13-2-5-15(22)6-3-13)25-18-9-4-14-11-16(23)7-8-17(14)20(18)24-12/h2-3,5-8,11H,4,9-10H2,1H3,(H,25,26,27). The highest BCUT2D eigenvalue weighted by Gasteiger charge is 2.21. The largest absolute Gasteiger partial charge is 0.309 e. The minimum atomic E-state index is -0.243. The van der Waals surface area contributed by atoms with Gasteiger partial charge in [-0.1, -0.05) is 23.7 Å². The molecule has 3 aromatic rings. The number of rotatable bonds is 3. The van der Waals surface area contributed by atoms with E-state index in [1.54, 1.807) is 24.3 Å². The first kappa shape index (κ1) is 17.6. The Morgan fingerprint density at radius 3 is 2.70 bits per heavy atom. The third-order valence-corrected chi connectivity index (χ3v) is 4.88. The van der Waals surface area contributed by atoms with Crippen LogP contribution in [-0.4, -0.2) is 15.9 Å². The van der Waals surface area contributed by atoms with Crippen molar-refractivity contribution < 1.29 is 9.18 Å². The van der Waals surface area contributed by atoms with E-state index in [0.29, 0.717) is 29.4 Å². The normalized spacial score (nSPS) is 12.3. The summed E-state index contributed by atoms with van der Waals surface area (Å²) < 4.78 is 13.5. The van der Waals surface area contributed by atoms with Crippen LogP contribution in [0.5, 0.6) is 0 Å². The average Bonchev–Trinajstić information content (AvgIpc) is 2.64. The van der Waals surface area contributed by atoms with E-state index in [1.165, 1.54) is 6.07 Å². The zero-order valence-electron chi connectivity index (χ0n) is 14.7. The fourth-order valence-electron chi connectivity index (χ4n) is 3.28. The SMILES string of the molecule is Cc1nc2c(nc1NC(=O)Cc1ccc(Cl)cc1)CCc1cc(F)ccc1-2. The lowest BCUT2D eigenvalue weighted by Gasteiger charge is -2.20. The van der Waals surface area contributed by atoms with Crippen molar-refractivity contribution in [3.63, 3.8) is 0 Å². The van der Waals surface area contributed by atoms with Crippen LogP contribution >= 0.6 is 11.6 Å². The van der Waals surface area contributed by atoms with Crippen molar-refractivity contribution in [3.05, 3.63) is 75.8 Å². The Balaban J connectivity index is 1.57. The number of nitrogens with one attached hydrogen (secondary N) is 1. The smallest absolute Gasteiger partial charge is 0.229 e. The van der Waals surface area contributed by atoms with Gasteiger partial charge in [-0.25, -0.2) is 14.4 Å². The molecule has 1 amide bonds. The highest BCUT2D eigenvalue weighted by molar-refractivity contribution is 6.30. The minimum absolute atomic E-state index is 0.159. The van der Waals surface area contributed by atoms with Crippen LogP contribution in [0, 0.1) is 12.7 Å². The van der Waals surface area contributed by atoms with Crippen LogP contribution < -0.4 is 5.32 Å². The van der Waals surface area contributed by atoms with Gasteiger partial charge in [0.05, 0.1) is 23.5 Å². The zero-order valence-corrected chi connectivity index (χ0v) is 15.5. The second-order valence-corrected chi connectivity index (χ2v) is 7.04.